The van der Waals surface area contributed by atoms with Crippen molar-refractivity contribution >= 4 is 11.6 Å². The van der Waals surface area contributed by atoms with Crippen LogP contribution < -0.4 is 4.74 Å². The molecule has 0 aromatic heterocycles. The van der Waals surface area contributed by atoms with E-state index in [4.69, 9.17) is 16.3 Å². The third-order valence-corrected chi connectivity index (χ3v) is 5.15. The number of fused-ring (bicyclic) bond motifs is 1. The van der Waals surface area contributed by atoms with Crippen molar-refractivity contribution < 1.29 is 9.84 Å². The molecular formula is C17H23ClO2. The zero-order chi connectivity index (χ0) is 14.1. The van der Waals surface area contributed by atoms with E-state index in [9.17, 15) is 5.11 Å². The summed E-state index contributed by atoms with van der Waals surface area (Å²) in [5.74, 6) is 2.14. The molecular weight excluding hydrogens is 272 g/mol. The van der Waals surface area contributed by atoms with Crippen LogP contribution in [0.2, 0.25) is 5.02 Å². The number of rotatable bonds is 3. The molecule has 2 nitrogen and oxygen atoms in total. The maximum absolute atomic E-state index is 10.3. The van der Waals surface area contributed by atoms with Crippen LogP contribution in [-0.4, -0.2) is 17.8 Å². The standard InChI is InChI=1S/C17H23ClO2/c1-2-11-3-4-16(19)13(7-11)8-14-10-15(18)9-12-5-6-20-17(12)14/h9-11,13,16,19H,2-8H2,1H3. The monoisotopic (exact) mass is 294 g/mol. The Balaban J connectivity index is 1.80. The average molecular weight is 295 g/mol. The summed E-state index contributed by atoms with van der Waals surface area (Å²) in [7, 11) is 0. The van der Waals surface area contributed by atoms with Gasteiger partial charge in [-0.2, -0.15) is 0 Å². The van der Waals surface area contributed by atoms with E-state index in [1.165, 1.54) is 17.5 Å². The Labute approximate surface area is 126 Å². The van der Waals surface area contributed by atoms with Crippen molar-refractivity contribution in [3.8, 4) is 5.75 Å². The van der Waals surface area contributed by atoms with Gasteiger partial charge in [0.15, 0.2) is 0 Å². The Bertz CT molecular complexity index is 486. The molecule has 2 aliphatic rings. The lowest BCUT2D eigenvalue weighted by atomic mass is 9.75. The minimum atomic E-state index is -0.172. The third kappa shape index (κ3) is 2.82. The van der Waals surface area contributed by atoms with Crippen LogP contribution in [0, 0.1) is 11.8 Å². The SMILES string of the molecule is CCC1CCC(O)C(Cc2cc(Cl)cc3c2OCC3)C1. The molecule has 0 bridgehead atoms. The Kier molecular flexibility index (Phi) is 4.23. The van der Waals surface area contributed by atoms with E-state index in [0.717, 1.165) is 55.4 Å². The van der Waals surface area contributed by atoms with E-state index < -0.39 is 0 Å². The van der Waals surface area contributed by atoms with Crippen LogP contribution in [0.5, 0.6) is 5.75 Å². The second-order valence-corrected chi connectivity index (χ2v) is 6.71. The molecule has 0 saturated heterocycles. The summed E-state index contributed by atoms with van der Waals surface area (Å²) in [4.78, 5) is 0. The Morgan fingerprint density at radius 2 is 2.20 bits per heavy atom. The van der Waals surface area contributed by atoms with Gasteiger partial charge in [0.25, 0.3) is 0 Å². The van der Waals surface area contributed by atoms with Gasteiger partial charge in [-0.15, -0.1) is 0 Å². The summed E-state index contributed by atoms with van der Waals surface area (Å²) in [6, 6.07) is 4.04. The van der Waals surface area contributed by atoms with Crippen molar-refractivity contribution in [3.05, 3.63) is 28.3 Å². The van der Waals surface area contributed by atoms with Crippen LogP contribution in [0.3, 0.4) is 0 Å². The van der Waals surface area contributed by atoms with Gasteiger partial charge >= 0.3 is 0 Å². The van der Waals surface area contributed by atoms with Gasteiger partial charge in [-0.05, 0) is 60.8 Å². The van der Waals surface area contributed by atoms with E-state index in [-0.39, 0.29) is 6.10 Å². The Morgan fingerprint density at radius 3 is 3.00 bits per heavy atom. The molecule has 1 aromatic carbocycles. The first-order chi connectivity index (χ1) is 9.67. The highest BCUT2D eigenvalue weighted by molar-refractivity contribution is 6.30. The number of benzene rings is 1. The molecule has 3 atom stereocenters. The van der Waals surface area contributed by atoms with E-state index in [0.29, 0.717) is 5.92 Å². The Morgan fingerprint density at radius 1 is 1.35 bits per heavy atom. The van der Waals surface area contributed by atoms with Crippen LogP contribution in [0.1, 0.15) is 43.7 Å². The molecule has 1 aliphatic carbocycles. The lowest BCUT2D eigenvalue weighted by Crippen LogP contribution is -2.30. The molecule has 1 aromatic rings. The zero-order valence-corrected chi connectivity index (χ0v) is 12.8. The number of hydrogen-bond donors (Lipinski definition) is 1. The van der Waals surface area contributed by atoms with Crippen molar-refractivity contribution in [2.45, 2.75) is 51.6 Å². The number of halogens is 1. The molecule has 0 radical (unpaired) electrons. The van der Waals surface area contributed by atoms with Crippen LogP contribution in [0.15, 0.2) is 12.1 Å². The molecule has 1 fully saturated rings. The van der Waals surface area contributed by atoms with Gasteiger partial charge in [-0.3, -0.25) is 0 Å². The predicted molar refractivity (Wildman–Crippen MR) is 81.5 cm³/mol. The van der Waals surface area contributed by atoms with Gasteiger partial charge in [0.05, 0.1) is 12.7 Å². The normalized spacial score (nSPS) is 29.1. The summed E-state index contributed by atoms with van der Waals surface area (Å²) in [5, 5.41) is 11.1. The van der Waals surface area contributed by atoms with Crippen LogP contribution in [0.4, 0.5) is 0 Å². The molecule has 1 aliphatic heterocycles. The second-order valence-electron chi connectivity index (χ2n) is 6.27. The lowest BCUT2D eigenvalue weighted by molar-refractivity contribution is 0.0472. The quantitative estimate of drug-likeness (QED) is 0.913. The van der Waals surface area contributed by atoms with Gasteiger partial charge in [0.1, 0.15) is 5.75 Å². The van der Waals surface area contributed by atoms with E-state index in [1.54, 1.807) is 0 Å². The molecule has 1 heterocycles. The first kappa shape index (κ1) is 14.2. The molecule has 110 valence electrons. The van der Waals surface area contributed by atoms with Crippen LogP contribution in [0.25, 0.3) is 0 Å². The van der Waals surface area contributed by atoms with Crippen LogP contribution >= 0.6 is 11.6 Å². The molecule has 3 heteroatoms. The molecule has 1 N–H and O–H groups in total. The van der Waals surface area contributed by atoms with Gasteiger partial charge in [0.2, 0.25) is 0 Å². The third-order valence-electron chi connectivity index (χ3n) is 4.94. The number of aliphatic hydroxyl groups is 1. The fraction of sp³-hybridized carbons (Fsp3) is 0.647. The maximum Gasteiger partial charge on any atom is 0.125 e. The van der Waals surface area contributed by atoms with Gasteiger partial charge in [-0.25, -0.2) is 0 Å². The first-order valence-electron chi connectivity index (χ1n) is 7.79. The Hall–Kier alpha value is -0.730. The molecule has 1 saturated carbocycles. The molecule has 3 rings (SSSR count). The molecule has 0 spiro atoms. The van der Waals surface area contributed by atoms with Gasteiger partial charge < -0.3 is 9.84 Å². The minimum absolute atomic E-state index is 0.172. The van der Waals surface area contributed by atoms with Crippen molar-refractivity contribution in [3.63, 3.8) is 0 Å². The van der Waals surface area contributed by atoms with Crippen molar-refractivity contribution in [1.29, 1.82) is 0 Å². The summed E-state index contributed by atoms with van der Waals surface area (Å²) >= 11 is 6.22. The smallest absolute Gasteiger partial charge is 0.125 e. The minimum Gasteiger partial charge on any atom is -0.493 e. The fourth-order valence-corrected chi connectivity index (χ4v) is 3.98. The van der Waals surface area contributed by atoms with Gasteiger partial charge in [0, 0.05) is 11.4 Å². The largest absolute Gasteiger partial charge is 0.493 e. The number of hydrogen-bond acceptors (Lipinski definition) is 2. The summed E-state index contributed by atoms with van der Waals surface area (Å²) in [6.45, 7) is 3.01. The van der Waals surface area contributed by atoms with Crippen molar-refractivity contribution in [2.24, 2.45) is 11.8 Å². The van der Waals surface area contributed by atoms with Crippen molar-refractivity contribution in [1.82, 2.24) is 0 Å². The highest BCUT2D eigenvalue weighted by Gasteiger charge is 2.30. The van der Waals surface area contributed by atoms with Crippen LogP contribution in [-0.2, 0) is 12.8 Å². The number of ether oxygens (including phenoxy) is 1. The maximum atomic E-state index is 10.3. The zero-order valence-electron chi connectivity index (χ0n) is 12.1. The summed E-state index contributed by atoms with van der Waals surface area (Å²) in [6.07, 6.45) is 6.11. The molecule has 20 heavy (non-hydrogen) atoms. The van der Waals surface area contributed by atoms with Gasteiger partial charge in [-0.1, -0.05) is 24.9 Å². The molecule has 0 amide bonds. The second kappa shape index (κ2) is 5.95. The highest BCUT2D eigenvalue weighted by Crippen LogP contribution is 2.38. The van der Waals surface area contributed by atoms with E-state index in [2.05, 4.69) is 6.92 Å². The average Bonchev–Trinajstić information content (AvgIpc) is 2.89. The van der Waals surface area contributed by atoms with E-state index >= 15 is 0 Å². The predicted octanol–water partition coefficient (Wildman–Crippen LogP) is 4.00. The van der Waals surface area contributed by atoms with E-state index in [1.807, 2.05) is 12.1 Å². The van der Waals surface area contributed by atoms with Crippen molar-refractivity contribution in [2.75, 3.05) is 6.61 Å². The fourth-order valence-electron chi connectivity index (χ4n) is 3.72. The molecule has 3 unspecified atom stereocenters. The highest BCUT2D eigenvalue weighted by atomic mass is 35.5. The lowest BCUT2D eigenvalue weighted by Gasteiger charge is -2.33. The summed E-state index contributed by atoms with van der Waals surface area (Å²) < 4.78 is 5.77. The number of aliphatic hydroxyl groups excluding tert-OH is 1. The first-order valence-corrected chi connectivity index (χ1v) is 8.17. The topological polar surface area (TPSA) is 29.5 Å². The summed E-state index contributed by atoms with van der Waals surface area (Å²) in [5.41, 5.74) is 2.41.